The summed E-state index contributed by atoms with van der Waals surface area (Å²) in [6.45, 7) is 2.04. The zero-order chi connectivity index (χ0) is 7.90. The van der Waals surface area contributed by atoms with Crippen molar-refractivity contribution < 1.29 is 4.74 Å². The first-order valence-corrected chi connectivity index (χ1v) is 4.65. The lowest BCUT2D eigenvalue weighted by molar-refractivity contribution is -0.0954. The van der Waals surface area contributed by atoms with E-state index in [1.165, 1.54) is 32.1 Å². The van der Waals surface area contributed by atoms with E-state index in [2.05, 4.69) is 0 Å². The fourth-order valence-electron chi connectivity index (χ4n) is 2.15. The summed E-state index contributed by atoms with van der Waals surface area (Å²) in [7, 11) is 0. The normalized spacial score (nSPS) is 37.1. The Morgan fingerprint density at radius 2 is 2.18 bits per heavy atom. The molecule has 1 heterocycles. The molecule has 2 atom stereocenters. The molecule has 1 aliphatic heterocycles. The van der Waals surface area contributed by atoms with Gasteiger partial charge in [-0.25, -0.2) is 0 Å². The predicted octanol–water partition coefficient (Wildman–Crippen LogP) is 1.44. The van der Waals surface area contributed by atoms with Gasteiger partial charge in [0.2, 0.25) is 0 Å². The molecular formula is C9H17NO. The quantitative estimate of drug-likeness (QED) is 0.621. The van der Waals surface area contributed by atoms with Crippen molar-refractivity contribution in [2.75, 3.05) is 0 Å². The van der Waals surface area contributed by atoms with Gasteiger partial charge in [-0.1, -0.05) is 0 Å². The summed E-state index contributed by atoms with van der Waals surface area (Å²) in [6.07, 6.45) is 6.67. The molecule has 2 N–H and O–H groups in total. The molecule has 64 valence electrons. The average Bonchev–Trinajstić information content (AvgIpc) is 2.28. The van der Waals surface area contributed by atoms with Gasteiger partial charge in [0.05, 0.1) is 11.7 Å². The Morgan fingerprint density at radius 1 is 1.45 bits per heavy atom. The molecule has 0 radical (unpaired) electrons. The largest absolute Gasteiger partial charge is 0.370 e. The lowest BCUT2D eigenvalue weighted by atomic mass is 9.78. The highest BCUT2D eigenvalue weighted by Crippen LogP contribution is 2.45. The van der Waals surface area contributed by atoms with Crippen molar-refractivity contribution in [3.8, 4) is 0 Å². The van der Waals surface area contributed by atoms with Crippen LogP contribution in [0.2, 0.25) is 0 Å². The van der Waals surface area contributed by atoms with Gasteiger partial charge in [-0.15, -0.1) is 0 Å². The third kappa shape index (κ3) is 1.18. The van der Waals surface area contributed by atoms with E-state index < -0.39 is 0 Å². The van der Waals surface area contributed by atoms with E-state index in [9.17, 15) is 0 Å². The minimum absolute atomic E-state index is 0.218. The smallest absolute Gasteiger partial charge is 0.0731 e. The number of nitrogens with two attached hydrogens (primary N) is 1. The molecule has 2 aliphatic rings. The molecule has 2 heteroatoms. The average molecular weight is 155 g/mol. The van der Waals surface area contributed by atoms with Gasteiger partial charge in [-0.3, -0.25) is 0 Å². The lowest BCUT2D eigenvalue weighted by Gasteiger charge is -2.38. The van der Waals surface area contributed by atoms with Gasteiger partial charge in [0.1, 0.15) is 0 Å². The SMILES string of the molecule is C[C@@H](N)C1CCC2(CCC2)O1. The molecule has 2 nitrogen and oxygen atoms in total. The maximum Gasteiger partial charge on any atom is 0.0731 e. The molecule has 0 aromatic heterocycles. The second kappa shape index (κ2) is 2.46. The Labute approximate surface area is 68.1 Å². The monoisotopic (exact) mass is 155 g/mol. The van der Waals surface area contributed by atoms with Gasteiger partial charge in [0.25, 0.3) is 0 Å². The molecule has 0 bridgehead atoms. The van der Waals surface area contributed by atoms with Gasteiger partial charge in [-0.2, -0.15) is 0 Å². The maximum atomic E-state index is 5.92. The molecule has 0 aromatic carbocycles. The van der Waals surface area contributed by atoms with Crippen LogP contribution in [-0.4, -0.2) is 17.7 Å². The van der Waals surface area contributed by atoms with E-state index in [0.717, 1.165) is 0 Å². The molecule has 1 spiro atoms. The van der Waals surface area contributed by atoms with Crippen LogP contribution in [0.15, 0.2) is 0 Å². The lowest BCUT2D eigenvalue weighted by Crippen LogP contribution is -2.40. The Kier molecular flexibility index (Phi) is 1.69. The van der Waals surface area contributed by atoms with E-state index in [0.29, 0.717) is 6.10 Å². The first-order valence-electron chi connectivity index (χ1n) is 4.65. The van der Waals surface area contributed by atoms with Crippen molar-refractivity contribution in [3.63, 3.8) is 0 Å². The van der Waals surface area contributed by atoms with Crippen LogP contribution in [0.5, 0.6) is 0 Å². The highest BCUT2D eigenvalue weighted by atomic mass is 16.5. The van der Waals surface area contributed by atoms with Crippen molar-refractivity contribution in [1.82, 2.24) is 0 Å². The second-order valence-corrected chi connectivity index (χ2v) is 4.09. The highest BCUT2D eigenvalue weighted by molar-refractivity contribution is 4.96. The first-order chi connectivity index (χ1) is 5.22. The standard InChI is InChI=1S/C9H17NO/c1-7(10)8-3-6-9(11-8)4-2-5-9/h7-8H,2-6,10H2,1H3/t7-,8?/m1/s1. The van der Waals surface area contributed by atoms with Crippen LogP contribution in [0.25, 0.3) is 0 Å². The van der Waals surface area contributed by atoms with E-state index in [1.54, 1.807) is 0 Å². The third-order valence-corrected chi connectivity index (χ3v) is 3.14. The molecule has 2 rings (SSSR count). The van der Waals surface area contributed by atoms with Crippen molar-refractivity contribution in [2.45, 2.75) is 56.8 Å². The van der Waals surface area contributed by atoms with Crippen LogP contribution in [0.3, 0.4) is 0 Å². The zero-order valence-corrected chi connectivity index (χ0v) is 7.18. The van der Waals surface area contributed by atoms with Crippen LogP contribution in [0, 0.1) is 0 Å². The summed E-state index contributed by atoms with van der Waals surface area (Å²) in [6, 6.07) is 0.218. The van der Waals surface area contributed by atoms with Gasteiger partial charge < -0.3 is 10.5 Å². The molecule has 0 amide bonds. The van der Waals surface area contributed by atoms with Crippen LogP contribution in [-0.2, 0) is 4.74 Å². The number of ether oxygens (including phenoxy) is 1. The van der Waals surface area contributed by atoms with Crippen LogP contribution < -0.4 is 5.73 Å². The highest BCUT2D eigenvalue weighted by Gasteiger charge is 2.45. The van der Waals surface area contributed by atoms with E-state index >= 15 is 0 Å². The zero-order valence-electron chi connectivity index (χ0n) is 7.18. The summed E-state index contributed by atoms with van der Waals surface area (Å²) in [5.41, 5.74) is 6.06. The number of rotatable bonds is 1. The number of hydrogen-bond acceptors (Lipinski definition) is 2. The summed E-state index contributed by atoms with van der Waals surface area (Å²) in [5.74, 6) is 0. The summed E-state index contributed by atoms with van der Waals surface area (Å²) < 4.78 is 5.92. The molecule has 0 aromatic rings. The molecule has 1 unspecified atom stereocenters. The minimum Gasteiger partial charge on any atom is -0.370 e. The molecular weight excluding hydrogens is 138 g/mol. The van der Waals surface area contributed by atoms with E-state index in [-0.39, 0.29) is 11.6 Å². The van der Waals surface area contributed by atoms with Crippen molar-refractivity contribution >= 4 is 0 Å². The minimum atomic E-state index is 0.218. The van der Waals surface area contributed by atoms with Crippen LogP contribution >= 0.6 is 0 Å². The summed E-state index contributed by atoms with van der Waals surface area (Å²) in [4.78, 5) is 0. The molecule has 11 heavy (non-hydrogen) atoms. The Hall–Kier alpha value is -0.0800. The van der Waals surface area contributed by atoms with Crippen LogP contribution in [0.1, 0.15) is 39.0 Å². The first kappa shape index (κ1) is 7.56. The van der Waals surface area contributed by atoms with Crippen molar-refractivity contribution in [2.24, 2.45) is 5.73 Å². The molecule has 2 fully saturated rings. The molecule has 1 saturated carbocycles. The van der Waals surface area contributed by atoms with E-state index in [1.807, 2.05) is 6.92 Å². The van der Waals surface area contributed by atoms with Crippen molar-refractivity contribution in [1.29, 1.82) is 0 Å². The van der Waals surface area contributed by atoms with Gasteiger partial charge in [0.15, 0.2) is 0 Å². The van der Waals surface area contributed by atoms with Gasteiger partial charge in [0, 0.05) is 6.04 Å². The summed E-state index contributed by atoms with van der Waals surface area (Å²) >= 11 is 0. The van der Waals surface area contributed by atoms with E-state index in [4.69, 9.17) is 10.5 Å². The third-order valence-electron chi connectivity index (χ3n) is 3.14. The van der Waals surface area contributed by atoms with Gasteiger partial charge in [-0.05, 0) is 39.0 Å². The summed E-state index contributed by atoms with van der Waals surface area (Å²) in [5, 5.41) is 0. The Morgan fingerprint density at radius 3 is 2.45 bits per heavy atom. The second-order valence-electron chi connectivity index (χ2n) is 4.09. The Balaban J connectivity index is 1.93. The fourth-order valence-corrected chi connectivity index (χ4v) is 2.15. The maximum absolute atomic E-state index is 5.92. The van der Waals surface area contributed by atoms with Gasteiger partial charge >= 0.3 is 0 Å². The topological polar surface area (TPSA) is 35.2 Å². The number of hydrogen-bond donors (Lipinski definition) is 1. The fraction of sp³-hybridized carbons (Fsp3) is 1.00. The Bertz CT molecular complexity index is 152. The molecule has 1 saturated heterocycles. The predicted molar refractivity (Wildman–Crippen MR) is 44.3 cm³/mol. The van der Waals surface area contributed by atoms with Crippen molar-refractivity contribution in [3.05, 3.63) is 0 Å². The molecule has 1 aliphatic carbocycles. The van der Waals surface area contributed by atoms with Crippen LogP contribution in [0.4, 0.5) is 0 Å².